The van der Waals surface area contributed by atoms with E-state index < -0.39 is 6.10 Å². The number of piperidine rings is 1. The summed E-state index contributed by atoms with van der Waals surface area (Å²) in [7, 11) is 0. The number of aryl methyl sites for hydroxylation is 1. The Hall–Kier alpha value is -2.21. The second kappa shape index (κ2) is 6.96. The molecule has 1 aliphatic rings. The van der Waals surface area contributed by atoms with Crippen molar-refractivity contribution in [2.45, 2.75) is 39.7 Å². The monoisotopic (exact) mass is 345 g/mol. The molecule has 1 aromatic carbocycles. The molecule has 1 fully saturated rings. The predicted octanol–water partition coefficient (Wildman–Crippen LogP) is 2.86. The SMILES string of the molecule is Cc1nn(-c2ccc(F)cc2)c(C)c1C(=O)N1CCCC(C(C)O)C1. The topological polar surface area (TPSA) is 58.4 Å². The number of halogens is 1. The largest absolute Gasteiger partial charge is 0.393 e. The van der Waals surface area contributed by atoms with Crippen LogP contribution in [0.25, 0.3) is 5.69 Å². The Morgan fingerprint density at radius 1 is 1.32 bits per heavy atom. The number of hydrogen-bond acceptors (Lipinski definition) is 3. The van der Waals surface area contributed by atoms with Crippen LogP contribution in [0.5, 0.6) is 0 Å². The van der Waals surface area contributed by atoms with Gasteiger partial charge in [0.05, 0.1) is 28.7 Å². The maximum Gasteiger partial charge on any atom is 0.257 e. The summed E-state index contributed by atoms with van der Waals surface area (Å²) in [5.41, 5.74) is 2.72. The number of amides is 1. The van der Waals surface area contributed by atoms with Crippen LogP contribution in [0.4, 0.5) is 4.39 Å². The molecule has 134 valence electrons. The first kappa shape index (κ1) is 17.6. The van der Waals surface area contributed by atoms with E-state index in [0.717, 1.165) is 24.2 Å². The van der Waals surface area contributed by atoms with Gasteiger partial charge in [-0.1, -0.05) is 0 Å². The van der Waals surface area contributed by atoms with Gasteiger partial charge in [0.1, 0.15) is 5.82 Å². The molecule has 1 saturated heterocycles. The van der Waals surface area contributed by atoms with Crippen LogP contribution >= 0.6 is 0 Å². The first-order valence-corrected chi connectivity index (χ1v) is 8.68. The summed E-state index contributed by atoms with van der Waals surface area (Å²) >= 11 is 0. The molecular formula is C19H24FN3O2. The van der Waals surface area contributed by atoms with Crippen LogP contribution in [-0.2, 0) is 0 Å². The maximum atomic E-state index is 13.1. The minimum atomic E-state index is -0.417. The molecule has 2 heterocycles. The van der Waals surface area contributed by atoms with Crippen LogP contribution in [0.3, 0.4) is 0 Å². The zero-order chi connectivity index (χ0) is 18.1. The van der Waals surface area contributed by atoms with Crippen molar-refractivity contribution in [1.82, 2.24) is 14.7 Å². The minimum Gasteiger partial charge on any atom is -0.393 e. The average molecular weight is 345 g/mol. The molecule has 1 aromatic heterocycles. The van der Waals surface area contributed by atoms with E-state index in [4.69, 9.17) is 0 Å². The van der Waals surface area contributed by atoms with Gasteiger partial charge < -0.3 is 10.0 Å². The molecule has 0 bridgehead atoms. The fourth-order valence-electron chi connectivity index (χ4n) is 3.53. The lowest BCUT2D eigenvalue weighted by molar-refractivity contribution is 0.0465. The third kappa shape index (κ3) is 3.44. The van der Waals surface area contributed by atoms with Gasteiger partial charge in [-0.3, -0.25) is 4.79 Å². The van der Waals surface area contributed by atoms with Crippen molar-refractivity contribution < 1.29 is 14.3 Å². The van der Waals surface area contributed by atoms with E-state index in [1.165, 1.54) is 12.1 Å². The highest BCUT2D eigenvalue weighted by Crippen LogP contribution is 2.24. The van der Waals surface area contributed by atoms with Crippen molar-refractivity contribution in [3.63, 3.8) is 0 Å². The molecule has 2 aromatic rings. The molecule has 1 aliphatic heterocycles. The summed E-state index contributed by atoms with van der Waals surface area (Å²) in [6.07, 6.45) is 1.42. The number of benzene rings is 1. The van der Waals surface area contributed by atoms with Crippen LogP contribution in [-0.4, -0.2) is 44.9 Å². The quantitative estimate of drug-likeness (QED) is 0.931. The number of aromatic nitrogens is 2. The molecule has 2 unspecified atom stereocenters. The van der Waals surface area contributed by atoms with Crippen LogP contribution in [0.2, 0.25) is 0 Å². The van der Waals surface area contributed by atoms with E-state index in [1.807, 2.05) is 18.7 Å². The summed E-state index contributed by atoms with van der Waals surface area (Å²) < 4.78 is 14.8. The van der Waals surface area contributed by atoms with Crippen LogP contribution < -0.4 is 0 Å². The Morgan fingerprint density at radius 2 is 2.00 bits per heavy atom. The summed E-state index contributed by atoms with van der Waals surface area (Å²) in [5, 5.41) is 14.3. The van der Waals surface area contributed by atoms with Crippen molar-refractivity contribution >= 4 is 5.91 Å². The second-order valence-electron chi connectivity index (χ2n) is 6.83. The lowest BCUT2D eigenvalue weighted by Crippen LogP contribution is -2.43. The number of aliphatic hydroxyl groups is 1. The van der Waals surface area contributed by atoms with E-state index in [9.17, 15) is 14.3 Å². The molecule has 2 atom stereocenters. The highest BCUT2D eigenvalue weighted by atomic mass is 19.1. The molecule has 0 aliphatic carbocycles. The molecule has 0 saturated carbocycles. The van der Waals surface area contributed by atoms with Gasteiger partial charge in [0.25, 0.3) is 5.91 Å². The van der Waals surface area contributed by atoms with Gasteiger partial charge >= 0.3 is 0 Å². The van der Waals surface area contributed by atoms with Gasteiger partial charge in [-0.05, 0) is 57.9 Å². The van der Waals surface area contributed by atoms with E-state index in [-0.39, 0.29) is 17.6 Å². The zero-order valence-electron chi connectivity index (χ0n) is 14.9. The highest BCUT2D eigenvalue weighted by Gasteiger charge is 2.30. The normalized spacial score (nSPS) is 19.1. The Balaban J connectivity index is 1.90. The summed E-state index contributed by atoms with van der Waals surface area (Å²) in [6.45, 7) is 6.71. The average Bonchev–Trinajstić information content (AvgIpc) is 2.89. The number of hydrogen-bond donors (Lipinski definition) is 1. The Bertz CT molecular complexity index is 768. The van der Waals surface area contributed by atoms with Gasteiger partial charge in [0.15, 0.2) is 0 Å². The standard InChI is InChI=1S/C19H24FN3O2/c1-12-18(19(25)22-10-4-5-15(11-22)14(3)24)13(2)23(21-12)17-8-6-16(20)7-9-17/h6-9,14-15,24H,4-5,10-11H2,1-3H3. The number of rotatable bonds is 3. The Kier molecular flexibility index (Phi) is 4.90. The molecule has 25 heavy (non-hydrogen) atoms. The fraction of sp³-hybridized carbons (Fsp3) is 0.474. The first-order chi connectivity index (χ1) is 11.9. The van der Waals surface area contributed by atoms with Gasteiger partial charge in [-0.25, -0.2) is 9.07 Å². The highest BCUT2D eigenvalue weighted by molar-refractivity contribution is 5.96. The minimum absolute atomic E-state index is 0.0475. The van der Waals surface area contributed by atoms with E-state index in [0.29, 0.717) is 24.3 Å². The predicted molar refractivity (Wildman–Crippen MR) is 93.3 cm³/mol. The molecule has 0 radical (unpaired) electrons. The third-order valence-electron chi connectivity index (χ3n) is 5.00. The molecule has 1 amide bonds. The third-order valence-corrected chi connectivity index (χ3v) is 5.00. The summed E-state index contributed by atoms with van der Waals surface area (Å²) in [4.78, 5) is 14.9. The molecular weight excluding hydrogens is 321 g/mol. The number of carbonyl (C=O) groups excluding carboxylic acids is 1. The maximum absolute atomic E-state index is 13.1. The lowest BCUT2D eigenvalue weighted by atomic mass is 9.93. The van der Waals surface area contributed by atoms with E-state index in [1.54, 1.807) is 23.7 Å². The van der Waals surface area contributed by atoms with Crippen LogP contribution in [0.15, 0.2) is 24.3 Å². The lowest BCUT2D eigenvalue weighted by Gasteiger charge is -2.34. The van der Waals surface area contributed by atoms with E-state index in [2.05, 4.69) is 5.10 Å². The summed E-state index contributed by atoms with van der Waals surface area (Å²) in [5.74, 6) is -0.238. The van der Waals surface area contributed by atoms with Crippen LogP contribution in [0, 0.1) is 25.6 Å². The van der Waals surface area contributed by atoms with Crippen molar-refractivity contribution in [2.24, 2.45) is 5.92 Å². The number of aliphatic hydroxyl groups excluding tert-OH is 1. The second-order valence-corrected chi connectivity index (χ2v) is 6.83. The van der Waals surface area contributed by atoms with E-state index >= 15 is 0 Å². The van der Waals surface area contributed by atoms with Crippen molar-refractivity contribution in [3.8, 4) is 5.69 Å². The molecule has 3 rings (SSSR count). The van der Waals surface area contributed by atoms with Crippen molar-refractivity contribution in [2.75, 3.05) is 13.1 Å². The number of nitrogens with zero attached hydrogens (tertiary/aromatic N) is 3. The fourth-order valence-corrected chi connectivity index (χ4v) is 3.53. The molecule has 1 N–H and O–H groups in total. The molecule has 6 heteroatoms. The molecule has 5 nitrogen and oxygen atoms in total. The Morgan fingerprint density at radius 3 is 2.64 bits per heavy atom. The summed E-state index contributed by atoms with van der Waals surface area (Å²) in [6, 6.07) is 6.05. The van der Waals surface area contributed by atoms with Gasteiger partial charge in [0, 0.05) is 19.0 Å². The molecule has 0 spiro atoms. The van der Waals surface area contributed by atoms with Gasteiger partial charge in [-0.2, -0.15) is 5.10 Å². The zero-order valence-corrected chi connectivity index (χ0v) is 14.9. The smallest absolute Gasteiger partial charge is 0.257 e. The Labute approximate surface area is 147 Å². The van der Waals surface area contributed by atoms with Crippen LogP contribution in [0.1, 0.15) is 41.5 Å². The van der Waals surface area contributed by atoms with Crippen molar-refractivity contribution in [3.05, 3.63) is 47.0 Å². The first-order valence-electron chi connectivity index (χ1n) is 8.68. The van der Waals surface area contributed by atoms with Gasteiger partial charge in [0.2, 0.25) is 0 Å². The van der Waals surface area contributed by atoms with Gasteiger partial charge in [-0.15, -0.1) is 0 Å². The van der Waals surface area contributed by atoms with Crippen molar-refractivity contribution in [1.29, 1.82) is 0 Å². The number of carbonyl (C=O) groups is 1. The number of likely N-dealkylation sites (tertiary alicyclic amines) is 1.